The predicted molar refractivity (Wildman–Crippen MR) is 94.1 cm³/mol. The van der Waals surface area contributed by atoms with Crippen molar-refractivity contribution in [3.63, 3.8) is 0 Å². The highest BCUT2D eigenvalue weighted by molar-refractivity contribution is 5.61. The Labute approximate surface area is 146 Å². The Balaban J connectivity index is 1.52. The number of hydrogen-bond acceptors (Lipinski definition) is 5. The van der Waals surface area contributed by atoms with Crippen molar-refractivity contribution in [2.75, 3.05) is 29.9 Å². The van der Waals surface area contributed by atoms with Gasteiger partial charge >= 0.3 is 0 Å². The molecule has 1 aliphatic heterocycles. The van der Waals surface area contributed by atoms with E-state index in [-0.39, 0.29) is 11.6 Å². The second-order valence-corrected chi connectivity index (χ2v) is 6.79. The number of likely N-dealkylation sites (N-methyl/N-ethyl adjacent to an activating group) is 1. The Morgan fingerprint density at radius 1 is 1.28 bits per heavy atom. The van der Waals surface area contributed by atoms with Crippen molar-refractivity contribution in [2.45, 2.75) is 31.2 Å². The molecule has 2 heterocycles. The van der Waals surface area contributed by atoms with E-state index in [2.05, 4.69) is 14.8 Å². The van der Waals surface area contributed by atoms with Crippen molar-refractivity contribution in [1.82, 2.24) is 9.97 Å². The molecule has 0 N–H and O–H groups in total. The van der Waals surface area contributed by atoms with Gasteiger partial charge < -0.3 is 9.80 Å². The van der Waals surface area contributed by atoms with Crippen molar-refractivity contribution >= 4 is 11.5 Å². The SMILES string of the molecule is CN(c1ccnc(C2CC2)n1)C1CCN(c2cccc(F)c2C#N)C1. The molecule has 1 atom stereocenters. The molecule has 0 bridgehead atoms. The van der Waals surface area contributed by atoms with Gasteiger partial charge in [-0.1, -0.05) is 6.07 Å². The van der Waals surface area contributed by atoms with Gasteiger partial charge in [0.15, 0.2) is 0 Å². The topological polar surface area (TPSA) is 56.1 Å². The van der Waals surface area contributed by atoms with E-state index in [9.17, 15) is 9.65 Å². The maximum absolute atomic E-state index is 13.9. The van der Waals surface area contributed by atoms with Gasteiger partial charge in [-0.2, -0.15) is 5.26 Å². The number of benzene rings is 1. The van der Waals surface area contributed by atoms with E-state index < -0.39 is 5.82 Å². The van der Waals surface area contributed by atoms with Crippen molar-refractivity contribution in [3.05, 3.63) is 47.7 Å². The highest BCUT2D eigenvalue weighted by Gasteiger charge is 2.30. The Morgan fingerprint density at radius 2 is 2.12 bits per heavy atom. The van der Waals surface area contributed by atoms with Gasteiger partial charge in [-0.05, 0) is 37.5 Å². The van der Waals surface area contributed by atoms with Gasteiger partial charge in [0, 0.05) is 38.3 Å². The van der Waals surface area contributed by atoms with Crippen LogP contribution in [0.1, 0.15) is 36.6 Å². The van der Waals surface area contributed by atoms with Gasteiger partial charge in [0.1, 0.15) is 29.1 Å². The van der Waals surface area contributed by atoms with Crippen molar-refractivity contribution in [3.8, 4) is 6.07 Å². The molecule has 1 unspecified atom stereocenters. The van der Waals surface area contributed by atoms with Gasteiger partial charge in [-0.15, -0.1) is 0 Å². The summed E-state index contributed by atoms with van der Waals surface area (Å²) in [5.74, 6) is 1.94. The van der Waals surface area contributed by atoms with Gasteiger partial charge in [0.05, 0.1) is 5.69 Å². The number of nitriles is 1. The Bertz CT molecular complexity index is 827. The molecule has 6 heteroatoms. The number of rotatable bonds is 4. The van der Waals surface area contributed by atoms with Crippen LogP contribution in [0.25, 0.3) is 0 Å². The molecule has 5 nitrogen and oxygen atoms in total. The lowest BCUT2D eigenvalue weighted by Gasteiger charge is -2.27. The summed E-state index contributed by atoms with van der Waals surface area (Å²) < 4.78 is 13.9. The molecule has 25 heavy (non-hydrogen) atoms. The highest BCUT2D eigenvalue weighted by atomic mass is 19.1. The number of aromatic nitrogens is 2. The van der Waals surface area contributed by atoms with E-state index in [1.165, 1.54) is 18.9 Å². The molecule has 2 aliphatic rings. The van der Waals surface area contributed by atoms with Crippen LogP contribution in [-0.4, -0.2) is 36.1 Å². The molecule has 2 aromatic rings. The van der Waals surface area contributed by atoms with E-state index in [1.54, 1.807) is 6.07 Å². The van der Waals surface area contributed by atoms with E-state index in [1.807, 2.05) is 31.4 Å². The molecule has 128 valence electrons. The van der Waals surface area contributed by atoms with Crippen LogP contribution in [0.5, 0.6) is 0 Å². The van der Waals surface area contributed by atoms with Gasteiger partial charge in [-0.3, -0.25) is 0 Å². The van der Waals surface area contributed by atoms with Crippen molar-refractivity contribution < 1.29 is 4.39 Å². The fourth-order valence-corrected chi connectivity index (χ4v) is 3.45. The summed E-state index contributed by atoms with van der Waals surface area (Å²) in [4.78, 5) is 13.4. The second-order valence-electron chi connectivity index (χ2n) is 6.79. The molecule has 0 amide bonds. The summed E-state index contributed by atoms with van der Waals surface area (Å²) in [5.41, 5.74) is 0.809. The lowest BCUT2D eigenvalue weighted by Crippen LogP contribution is -2.35. The molecule has 0 spiro atoms. The predicted octanol–water partition coefficient (Wildman–Crippen LogP) is 3.08. The molecule has 2 fully saturated rings. The Hall–Kier alpha value is -2.68. The first-order chi connectivity index (χ1) is 12.2. The molecule has 4 rings (SSSR count). The average molecular weight is 337 g/mol. The largest absolute Gasteiger partial charge is 0.368 e. The fourth-order valence-electron chi connectivity index (χ4n) is 3.45. The van der Waals surface area contributed by atoms with Crippen LogP contribution in [0, 0.1) is 17.1 Å². The first kappa shape index (κ1) is 15.8. The highest BCUT2D eigenvalue weighted by Crippen LogP contribution is 2.38. The number of halogens is 1. The third-order valence-electron chi connectivity index (χ3n) is 5.12. The van der Waals surface area contributed by atoms with Crippen LogP contribution < -0.4 is 9.80 Å². The number of anilines is 2. The fraction of sp³-hybridized carbons (Fsp3) is 0.421. The molecule has 1 saturated carbocycles. The number of nitrogens with zero attached hydrogens (tertiary/aromatic N) is 5. The van der Waals surface area contributed by atoms with Crippen molar-refractivity contribution in [1.29, 1.82) is 5.26 Å². The van der Waals surface area contributed by atoms with E-state index in [0.29, 0.717) is 11.6 Å². The summed E-state index contributed by atoms with van der Waals surface area (Å²) in [7, 11) is 2.05. The first-order valence-electron chi connectivity index (χ1n) is 8.66. The zero-order chi connectivity index (χ0) is 17.4. The zero-order valence-corrected chi connectivity index (χ0v) is 14.2. The normalized spacial score (nSPS) is 19.7. The number of hydrogen-bond donors (Lipinski definition) is 0. The van der Waals surface area contributed by atoms with Gasteiger partial charge in [0.2, 0.25) is 0 Å². The van der Waals surface area contributed by atoms with Gasteiger partial charge in [-0.25, -0.2) is 14.4 Å². The minimum atomic E-state index is -0.457. The second kappa shape index (κ2) is 6.32. The van der Waals surface area contributed by atoms with Crippen LogP contribution in [0.2, 0.25) is 0 Å². The standard InChI is InChI=1S/C19H20FN5/c1-24(18-7-9-22-19(23-18)13-5-6-13)14-8-10-25(12-14)17-4-2-3-16(20)15(17)11-21/h2-4,7,9,13-14H,5-6,8,10,12H2,1H3. The summed E-state index contributed by atoms with van der Waals surface area (Å²) in [5, 5.41) is 9.26. The van der Waals surface area contributed by atoms with Gasteiger partial charge in [0.25, 0.3) is 0 Å². The monoisotopic (exact) mass is 337 g/mol. The van der Waals surface area contributed by atoms with Crippen LogP contribution in [0.3, 0.4) is 0 Å². The summed E-state index contributed by atoms with van der Waals surface area (Å²) in [6, 6.07) is 9.03. The lowest BCUT2D eigenvalue weighted by atomic mass is 10.1. The summed E-state index contributed by atoms with van der Waals surface area (Å²) in [6.45, 7) is 1.55. The molecule has 1 saturated heterocycles. The van der Waals surface area contributed by atoms with E-state index >= 15 is 0 Å². The Morgan fingerprint density at radius 3 is 2.88 bits per heavy atom. The first-order valence-corrected chi connectivity index (χ1v) is 8.66. The third kappa shape index (κ3) is 3.02. The van der Waals surface area contributed by atoms with E-state index in [4.69, 9.17) is 4.98 Å². The molecule has 1 aliphatic carbocycles. The minimum Gasteiger partial charge on any atom is -0.368 e. The quantitative estimate of drug-likeness (QED) is 0.858. The maximum atomic E-state index is 13.9. The third-order valence-corrected chi connectivity index (χ3v) is 5.12. The minimum absolute atomic E-state index is 0.129. The zero-order valence-electron chi connectivity index (χ0n) is 14.2. The van der Waals surface area contributed by atoms with Crippen LogP contribution in [0.4, 0.5) is 15.9 Å². The molecule has 1 aromatic heterocycles. The molecular formula is C19H20FN5. The van der Waals surface area contributed by atoms with Crippen molar-refractivity contribution in [2.24, 2.45) is 0 Å². The Kier molecular flexibility index (Phi) is 4.00. The summed E-state index contributed by atoms with van der Waals surface area (Å²) in [6.07, 6.45) is 5.14. The smallest absolute Gasteiger partial charge is 0.143 e. The maximum Gasteiger partial charge on any atom is 0.143 e. The molecule has 0 radical (unpaired) electrons. The van der Waals surface area contributed by atoms with Crippen LogP contribution in [0.15, 0.2) is 30.5 Å². The lowest BCUT2D eigenvalue weighted by molar-refractivity contribution is 0.623. The van der Waals surface area contributed by atoms with Crippen LogP contribution in [-0.2, 0) is 0 Å². The van der Waals surface area contributed by atoms with E-state index in [0.717, 1.165) is 31.2 Å². The van der Waals surface area contributed by atoms with Crippen LogP contribution >= 0.6 is 0 Å². The molecular weight excluding hydrogens is 317 g/mol. The molecule has 1 aromatic carbocycles. The average Bonchev–Trinajstić information content (AvgIpc) is 3.38. The summed E-state index contributed by atoms with van der Waals surface area (Å²) >= 11 is 0.